The fourth-order valence-electron chi connectivity index (χ4n) is 1.82. The largest absolute Gasteiger partial charge is 0.312 e. The first-order valence-corrected chi connectivity index (χ1v) is 6.77. The molecule has 0 aliphatic heterocycles. The molecule has 3 heteroatoms. The Morgan fingerprint density at radius 3 is 1.94 bits per heavy atom. The van der Waals surface area contributed by atoms with Crippen LogP contribution in [0.3, 0.4) is 0 Å². The molecule has 0 aliphatic carbocycles. The fourth-order valence-corrected chi connectivity index (χ4v) is 1.82. The number of aromatic nitrogens is 2. The minimum absolute atomic E-state index is 0.0133. The van der Waals surface area contributed by atoms with Crippen molar-refractivity contribution in [2.45, 2.75) is 60.4 Å². The lowest BCUT2D eigenvalue weighted by atomic mass is 9.95. The van der Waals surface area contributed by atoms with E-state index in [0.29, 0.717) is 5.92 Å². The second-order valence-electron chi connectivity index (χ2n) is 6.47. The van der Waals surface area contributed by atoms with Gasteiger partial charge in [0.15, 0.2) is 0 Å². The van der Waals surface area contributed by atoms with E-state index in [1.54, 1.807) is 0 Å². The number of hydrogen-bond acceptors (Lipinski definition) is 3. The zero-order valence-electron chi connectivity index (χ0n) is 12.9. The van der Waals surface area contributed by atoms with Gasteiger partial charge in [0.1, 0.15) is 5.82 Å². The SMILES string of the molecule is Cc1nc(C(C)(C)C)nc(C)c1CNCC(C)C. The molecular formula is C15H27N3. The normalized spacial score (nSPS) is 12.2. The van der Waals surface area contributed by atoms with E-state index in [1.807, 2.05) is 0 Å². The van der Waals surface area contributed by atoms with Crippen molar-refractivity contribution >= 4 is 0 Å². The highest BCUT2D eigenvalue weighted by Crippen LogP contribution is 2.20. The first kappa shape index (κ1) is 15.1. The lowest BCUT2D eigenvalue weighted by Crippen LogP contribution is -2.23. The number of rotatable bonds is 4. The van der Waals surface area contributed by atoms with Crippen LogP contribution in [0, 0.1) is 19.8 Å². The maximum Gasteiger partial charge on any atom is 0.134 e. The van der Waals surface area contributed by atoms with E-state index in [-0.39, 0.29) is 5.41 Å². The van der Waals surface area contributed by atoms with Crippen LogP contribution >= 0.6 is 0 Å². The third-order valence-electron chi connectivity index (χ3n) is 2.95. The summed E-state index contributed by atoms with van der Waals surface area (Å²) in [6, 6.07) is 0. The van der Waals surface area contributed by atoms with Gasteiger partial charge >= 0.3 is 0 Å². The topological polar surface area (TPSA) is 37.8 Å². The summed E-state index contributed by atoms with van der Waals surface area (Å²) < 4.78 is 0. The van der Waals surface area contributed by atoms with Crippen LogP contribution < -0.4 is 5.32 Å². The van der Waals surface area contributed by atoms with Gasteiger partial charge < -0.3 is 5.32 Å². The Hall–Kier alpha value is -0.960. The molecular weight excluding hydrogens is 222 g/mol. The summed E-state index contributed by atoms with van der Waals surface area (Å²) in [4.78, 5) is 9.30. The summed E-state index contributed by atoms with van der Waals surface area (Å²) >= 11 is 0. The van der Waals surface area contributed by atoms with Crippen LogP contribution in [0.4, 0.5) is 0 Å². The van der Waals surface area contributed by atoms with Crippen molar-refractivity contribution in [1.82, 2.24) is 15.3 Å². The Labute approximate surface area is 111 Å². The van der Waals surface area contributed by atoms with Crippen molar-refractivity contribution in [2.24, 2.45) is 5.92 Å². The Kier molecular flexibility index (Phi) is 4.85. The van der Waals surface area contributed by atoms with Gasteiger partial charge in [-0.2, -0.15) is 0 Å². The molecule has 0 spiro atoms. The fraction of sp³-hybridized carbons (Fsp3) is 0.733. The van der Waals surface area contributed by atoms with Crippen molar-refractivity contribution in [3.05, 3.63) is 22.8 Å². The summed E-state index contributed by atoms with van der Waals surface area (Å²) in [6.07, 6.45) is 0. The summed E-state index contributed by atoms with van der Waals surface area (Å²) in [7, 11) is 0. The first-order chi connectivity index (χ1) is 8.21. The molecule has 1 rings (SSSR count). The predicted molar refractivity (Wildman–Crippen MR) is 76.8 cm³/mol. The number of hydrogen-bond donors (Lipinski definition) is 1. The molecule has 1 heterocycles. The van der Waals surface area contributed by atoms with Crippen molar-refractivity contribution in [3.8, 4) is 0 Å². The van der Waals surface area contributed by atoms with E-state index >= 15 is 0 Å². The van der Waals surface area contributed by atoms with E-state index in [9.17, 15) is 0 Å². The summed E-state index contributed by atoms with van der Waals surface area (Å²) in [5.74, 6) is 1.60. The van der Waals surface area contributed by atoms with Crippen LogP contribution in [0.2, 0.25) is 0 Å². The summed E-state index contributed by atoms with van der Waals surface area (Å²) in [5.41, 5.74) is 3.45. The molecule has 0 saturated carbocycles. The van der Waals surface area contributed by atoms with E-state index in [0.717, 1.165) is 30.3 Å². The van der Waals surface area contributed by atoms with E-state index < -0.39 is 0 Å². The molecule has 0 radical (unpaired) electrons. The highest BCUT2D eigenvalue weighted by Gasteiger charge is 2.19. The monoisotopic (exact) mass is 249 g/mol. The van der Waals surface area contributed by atoms with Crippen LogP contribution in [0.1, 0.15) is 57.4 Å². The standard InChI is InChI=1S/C15H27N3/c1-10(2)8-16-9-13-11(3)17-14(15(5,6)7)18-12(13)4/h10,16H,8-9H2,1-7H3. The zero-order valence-corrected chi connectivity index (χ0v) is 12.9. The van der Waals surface area contributed by atoms with E-state index in [2.05, 4.69) is 63.8 Å². The van der Waals surface area contributed by atoms with Gasteiger partial charge in [-0.15, -0.1) is 0 Å². The van der Waals surface area contributed by atoms with Crippen molar-refractivity contribution < 1.29 is 0 Å². The van der Waals surface area contributed by atoms with E-state index in [4.69, 9.17) is 0 Å². The highest BCUT2D eigenvalue weighted by atomic mass is 14.9. The Morgan fingerprint density at radius 1 is 1.06 bits per heavy atom. The zero-order chi connectivity index (χ0) is 13.9. The third-order valence-corrected chi connectivity index (χ3v) is 2.95. The van der Waals surface area contributed by atoms with Crippen LogP contribution in [0.15, 0.2) is 0 Å². The maximum atomic E-state index is 4.65. The van der Waals surface area contributed by atoms with Crippen LogP contribution in [-0.2, 0) is 12.0 Å². The van der Waals surface area contributed by atoms with Gasteiger partial charge in [-0.25, -0.2) is 9.97 Å². The first-order valence-electron chi connectivity index (χ1n) is 6.77. The molecule has 0 aromatic carbocycles. The molecule has 0 fully saturated rings. The smallest absolute Gasteiger partial charge is 0.134 e. The predicted octanol–water partition coefficient (Wildman–Crippen LogP) is 3.14. The van der Waals surface area contributed by atoms with Gasteiger partial charge in [-0.1, -0.05) is 34.6 Å². The van der Waals surface area contributed by atoms with Crippen molar-refractivity contribution in [2.75, 3.05) is 6.54 Å². The lowest BCUT2D eigenvalue weighted by Gasteiger charge is -2.20. The molecule has 0 unspecified atom stereocenters. The second kappa shape index (κ2) is 5.79. The quantitative estimate of drug-likeness (QED) is 0.891. The molecule has 0 bridgehead atoms. The van der Waals surface area contributed by atoms with Gasteiger partial charge in [0.05, 0.1) is 0 Å². The van der Waals surface area contributed by atoms with Crippen LogP contribution in [0.25, 0.3) is 0 Å². The molecule has 1 aromatic heterocycles. The van der Waals surface area contributed by atoms with Gasteiger partial charge in [0.2, 0.25) is 0 Å². The number of nitrogens with zero attached hydrogens (tertiary/aromatic N) is 2. The van der Waals surface area contributed by atoms with Crippen LogP contribution in [-0.4, -0.2) is 16.5 Å². The molecule has 102 valence electrons. The van der Waals surface area contributed by atoms with Crippen molar-refractivity contribution in [3.63, 3.8) is 0 Å². The van der Waals surface area contributed by atoms with Gasteiger partial charge in [0, 0.05) is 28.9 Å². The Balaban J connectivity index is 2.88. The highest BCUT2D eigenvalue weighted by molar-refractivity contribution is 5.25. The molecule has 3 nitrogen and oxygen atoms in total. The third kappa shape index (κ3) is 4.05. The molecule has 0 amide bonds. The molecule has 18 heavy (non-hydrogen) atoms. The van der Waals surface area contributed by atoms with Gasteiger partial charge in [0.25, 0.3) is 0 Å². The molecule has 0 atom stereocenters. The van der Waals surface area contributed by atoms with Crippen LogP contribution in [0.5, 0.6) is 0 Å². The summed E-state index contributed by atoms with van der Waals surface area (Å²) in [5, 5.41) is 3.46. The van der Waals surface area contributed by atoms with Gasteiger partial charge in [-0.05, 0) is 26.3 Å². The molecule has 1 aromatic rings. The molecule has 0 aliphatic rings. The average molecular weight is 249 g/mol. The van der Waals surface area contributed by atoms with Crippen molar-refractivity contribution in [1.29, 1.82) is 0 Å². The summed E-state index contributed by atoms with van der Waals surface area (Å²) in [6.45, 7) is 16.9. The maximum absolute atomic E-state index is 4.65. The second-order valence-corrected chi connectivity index (χ2v) is 6.47. The minimum Gasteiger partial charge on any atom is -0.312 e. The van der Waals surface area contributed by atoms with Gasteiger partial charge in [-0.3, -0.25) is 0 Å². The Bertz CT molecular complexity index is 380. The molecule has 0 saturated heterocycles. The molecule has 1 N–H and O–H groups in total. The lowest BCUT2D eigenvalue weighted by molar-refractivity contribution is 0.529. The number of aryl methyl sites for hydroxylation is 2. The Morgan fingerprint density at radius 2 is 1.56 bits per heavy atom. The number of nitrogens with one attached hydrogen (secondary N) is 1. The average Bonchev–Trinajstić information content (AvgIpc) is 2.20. The van der Waals surface area contributed by atoms with E-state index in [1.165, 1.54) is 5.56 Å². The minimum atomic E-state index is 0.0133.